The van der Waals surface area contributed by atoms with E-state index in [1.54, 1.807) is 11.3 Å². The minimum Gasteiger partial charge on any atom is -0.379 e. The van der Waals surface area contributed by atoms with Gasteiger partial charge in [-0.15, -0.1) is 11.3 Å². The van der Waals surface area contributed by atoms with Gasteiger partial charge < -0.3 is 10.1 Å². The fourth-order valence-corrected chi connectivity index (χ4v) is 7.32. The van der Waals surface area contributed by atoms with E-state index in [1.807, 2.05) is 13.0 Å². The van der Waals surface area contributed by atoms with E-state index in [4.69, 9.17) is 9.72 Å². The highest BCUT2D eigenvalue weighted by Gasteiger charge is 2.28. The SMILES string of the molecule is C=C(CN1CCOCC1)C(=O)CC[C@H](CC1CCCCC1)NC(=O)[C@@H](CC(=O)CC)Cc1nc2ccc(CC)cc2s1. The molecule has 0 unspecified atom stereocenters. The average molecular weight is 596 g/mol. The van der Waals surface area contributed by atoms with Crippen LogP contribution in [0.15, 0.2) is 30.4 Å². The van der Waals surface area contributed by atoms with E-state index in [0.717, 1.165) is 41.2 Å². The summed E-state index contributed by atoms with van der Waals surface area (Å²) in [5.41, 5.74) is 2.84. The van der Waals surface area contributed by atoms with Gasteiger partial charge >= 0.3 is 0 Å². The molecule has 8 heteroatoms. The van der Waals surface area contributed by atoms with Crippen molar-refractivity contribution in [3.8, 4) is 0 Å². The Morgan fingerprint density at radius 3 is 2.62 bits per heavy atom. The monoisotopic (exact) mass is 595 g/mol. The minimum atomic E-state index is -0.468. The van der Waals surface area contributed by atoms with Crippen molar-refractivity contribution in [3.05, 3.63) is 40.9 Å². The molecule has 2 aromatic rings. The van der Waals surface area contributed by atoms with Crippen molar-refractivity contribution in [1.82, 2.24) is 15.2 Å². The Labute approximate surface area is 255 Å². The molecule has 1 aromatic carbocycles. The second kappa shape index (κ2) is 16.4. The van der Waals surface area contributed by atoms with Crippen LogP contribution >= 0.6 is 11.3 Å². The van der Waals surface area contributed by atoms with Crippen molar-refractivity contribution in [2.75, 3.05) is 32.8 Å². The van der Waals surface area contributed by atoms with Crippen LogP contribution < -0.4 is 5.32 Å². The van der Waals surface area contributed by atoms with Crippen molar-refractivity contribution in [3.63, 3.8) is 0 Å². The highest BCUT2D eigenvalue weighted by atomic mass is 32.1. The lowest BCUT2D eigenvalue weighted by Gasteiger charge is -2.29. The molecule has 2 atom stereocenters. The molecule has 7 nitrogen and oxygen atoms in total. The Hall–Kier alpha value is -2.42. The van der Waals surface area contributed by atoms with Gasteiger partial charge in [-0.2, -0.15) is 0 Å². The van der Waals surface area contributed by atoms with Crippen molar-refractivity contribution < 1.29 is 19.1 Å². The smallest absolute Gasteiger partial charge is 0.224 e. The zero-order chi connectivity index (χ0) is 29.9. The van der Waals surface area contributed by atoms with Gasteiger partial charge in [0.25, 0.3) is 0 Å². The predicted octanol–water partition coefficient (Wildman–Crippen LogP) is 6.08. The topological polar surface area (TPSA) is 88.6 Å². The number of rotatable bonds is 16. The third-order valence-corrected chi connectivity index (χ3v) is 9.93. The number of morpholine rings is 1. The third-order valence-electron chi connectivity index (χ3n) is 8.89. The third kappa shape index (κ3) is 9.81. The van der Waals surface area contributed by atoms with Crippen molar-refractivity contribution >= 4 is 39.0 Å². The van der Waals surface area contributed by atoms with Crippen LogP contribution in [0.2, 0.25) is 0 Å². The van der Waals surface area contributed by atoms with E-state index in [0.29, 0.717) is 56.9 Å². The number of hydrogen-bond acceptors (Lipinski definition) is 7. The molecule has 230 valence electrons. The fourth-order valence-electron chi connectivity index (χ4n) is 6.20. The van der Waals surface area contributed by atoms with Gasteiger partial charge in [-0.05, 0) is 42.9 Å². The molecule has 1 amide bonds. The maximum atomic E-state index is 13.8. The predicted molar refractivity (Wildman–Crippen MR) is 170 cm³/mol. The summed E-state index contributed by atoms with van der Waals surface area (Å²) < 4.78 is 6.54. The fraction of sp³-hybridized carbons (Fsp3) is 0.647. The van der Waals surface area contributed by atoms with Crippen LogP contribution in [0.5, 0.6) is 0 Å². The summed E-state index contributed by atoms with van der Waals surface area (Å²) in [5, 5.41) is 4.21. The van der Waals surface area contributed by atoms with Gasteiger partial charge in [-0.25, -0.2) is 4.98 Å². The van der Waals surface area contributed by atoms with Crippen molar-refractivity contribution in [1.29, 1.82) is 0 Å². The summed E-state index contributed by atoms with van der Waals surface area (Å²) in [4.78, 5) is 46.5. The normalized spacial score (nSPS) is 18.0. The molecule has 2 aliphatic rings. The Morgan fingerprint density at radius 2 is 1.90 bits per heavy atom. The molecular weight excluding hydrogens is 546 g/mol. The Balaban J connectivity index is 1.42. The summed E-state index contributed by atoms with van der Waals surface area (Å²) in [6.45, 7) is 11.7. The maximum absolute atomic E-state index is 13.8. The van der Waals surface area contributed by atoms with E-state index in [9.17, 15) is 14.4 Å². The number of hydrogen-bond donors (Lipinski definition) is 1. The first-order chi connectivity index (χ1) is 20.3. The molecule has 42 heavy (non-hydrogen) atoms. The number of thiazole rings is 1. The van der Waals surface area contributed by atoms with Gasteiger partial charge in [0.1, 0.15) is 5.78 Å². The number of benzene rings is 1. The van der Waals surface area contributed by atoms with E-state index in [2.05, 4.69) is 35.9 Å². The summed E-state index contributed by atoms with van der Waals surface area (Å²) in [5.74, 6) is 0.157. The van der Waals surface area contributed by atoms with E-state index >= 15 is 0 Å². The number of nitrogens with zero attached hydrogens (tertiary/aromatic N) is 2. The number of carbonyl (C=O) groups is 3. The number of ketones is 2. The van der Waals surface area contributed by atoms with Crippen LogP contribution in [0.4, 0.5) is 0 Å². The van der Waals surface area contributed by atoms with Crippen LogP contribution in [0.1, 0.15) is 88.6 Å². The maximum Gasteiger partial charge on any atom is 0.224 e. The lowest BCUT2D eigenvalue weighted by molar-refractivity contribution is -0.130. The molecule has 1 aliphatic carbocycles. The summed E-state index contributed by atoms with van der Waals surface area (Å²) >= 11 is 1.62. The molecule has 0 spiro atoms. The van der Waals surface area contributed by atoms with Crippen molar-refractivity contribution in [2.45, 2.75) is 96.9 Å². The number of carbonyl (C=O) groups excluding carboxylic acids is 3. The van der Waals surface area contributed by atoms with Crippen LogP contribution in [-0.2, 0) is 32.0 Å². The molecule has 1 saturated heterocycles. The number of nitrogens with one attached hydrogen (secondary N) is 1. The molecular formula is C34H49N3O4S. The number of aromatic nitrogens is 1. The van der Waals surface area contributed by atoms with E-state index < -0.39 is 5.92 Å². The van der Waals surface area contributed by atoms with Gasteiger partial charge in [-0.3, -0.25) is 19.3 Å². The molecule has 0 bridgehead atoms. The molecule has 2 fully saturated rings. The lowest BCUT2D eigenvalue weighted by atomic mass is 9.83. The molecule has 1 N–H and O–H groups in total. The van der Waals surface area contributed by atoms with Gasteiger partial charge in [0.05, 0.1) is 34.4 Å². The first kappa shape index (κ1) is 32.5. The Morgan fingerprint density at radius 1 is 1.14 bits per heavy atom. The Kier molecular flexibility index (Phi) is 12.7. The Bertz CT molecular complexity index is 1210. The highest BCUT2D eigenvalue weighted by molar-refractivity contribution is 7.18. The quantitative estimate of drug-likeness (QED) is 0.237. The second-order valence-corrected chi connectivity index (χ2v) is 13.3. The number of aryl methyl sites for hydroxylation is 1. The molecule has 1 aromatic heterocycles. The van der Waals surface area contributed by atoms with Crippen LogP contribution in [0.25, 0.3) is 10.2 Å². The minimum absolute atomic E-state index is 0.0722. The number of fused-ring (bicyclic) bond motifs is 1. The van der Waals surface area contributed by atoms with Crippen molar-refractivity contribution in [2.24, 2.45) is 11.8 Å². The number of Topliss-reactive ketones (excluding diaryl/α,β-unsaturated/α-hetero) is 2. The first-order valence-corrected chi connectivity index (χ1v) is 16.9. The molecule has 1 saturated carbocycles. The highest BCUT2D eigenvalue weighted by Crippen LogP contribution is 2.30. The van der Waals surface area contributed by atoms with Gasteiger partial charge in [0.2, 0.25) is 5.91 Å². The van der Waals surface area contributed by atoms with E-state index in [1.165, 1.54) is 37.7 Å². The van der Waals surface area contributed by atoms with Crippen LogP contribution in [-0.4, -0.2) is 66.2 Å². The molecule has 1 aliphatic heterocycles. The number of amides is 1. The van der Waals surface area contributed by atoms with Gasteiger partial charge in [0.15, 0.2) is 5.78 Å². The zero-order valence-electron chi connectivity index (χ0n) is 25.6. The summed E-state index contributed by atoms with van der Waals surface area (Å²) in [6, 6.07) is 6.23. The standard InChI is InChI=1S/C34H49N3O4S/c1-4-25-11-13-30-32(20-25)42-33(36-30)22-27(21-29(38)5-2)34(40)35-28(19-26-9-7-6-8-10-26)12-14-31(39)24(3)23-37-15-17-41-18-16-37/h11,13,20,26-28H,3-10,12,14-19,21-23H2,1-2H3,(H,35,40)/t27-,28+/m0/s1. The second-order valence-electron chi connectivity index (χ2n) is 12.2. The molecule has 0 radical (unpaired) electrons. The largest absolute Gasteiger partial charge is 0.379 e. The van der Waals surface area contributed by atoms with E-state index in [-0.39, 0.29) is 29.9 Å². The molecule has 4 rings (SSSR count). The van der Waals surface area contributed by atoms with Crippen LogP contribution in [0, 0.1) is 11.8 Å². The first-order valence-electron chi connectivity index (χ1n) is 16.1. The van der Waals surface area contributed by atoms with Crippen LogP contribution in [0.3, 0.4) is 0 Å². The van der Waals surface area contributed by atoms with Gasteiger partial charge in [-0.1, -0.05) is 58.6 Å². The summed E-state index contributed by atoms with van der Waals surface area (Å²) in [6.07, 6.45) is 9.96. The summed E-state index contributed by atoms with van der Waals surface area (Å²) in [7, 11) is 0. The number of ether oxygens (including phenoxy) is 1. The lowest BCUT2D eigenvalue weighted by Crippen LogP contribution is -2.42. The zero-order valence-corrected chi connectivity index (χ0v) is 26.4. The average Bonchev–Trinajstić information content (AvgIpc) is 3.41. The van der Waals surface area contributed by atoms with Gasteiger partial charge in [0, 0.05) is 56.9 Å². The molecule has 2 heterocycles.